The zero-order valence-corrected chi connectivity index (χ0v) is 14.8. The first kappa shape index (κ1) is 19.7. The summed E-state index contributed by atoms with van der Waals surface area (Å²) < 4.78 is 23.4. The van der Waals surface area contributed by atoms with Crippen molar-refractivity contribution in [3.05, 3.63) is 34.4 Å². The van der Waals surface area contributed by atoms with E-state index >= 15 is 0 Å². The second kappa shape index (κ2) is 10.4. The van der Waals surface area contributed by atoms with Crippen LogP contribution in [0.5, 0.6) is 5.75 Å². The van der Waals surface area contributed by atoms with Crippen LogP contribution in [0.25, 0.3) is 0 Å². The van der Waals surface area contributed by atoms with Gasteiger partial charge in [-0.1, -0.05) is 46.0 Å². The monoisotopic (exact) mass is 343 g/mol. The highest BCUT2D eigenvalue weighted by molar-refractivity contribution is 7.54. The van der Waals surface area contributed by atoms with E-state index in [1.54, 1.807) is 6.92 Å². The van der Waals surface area contributed by atoms with Gasteiger partial charge in [0.15, 0.2) is 0 Å². The Labute approximate surface area is 137 Å². The van der Waals surface area contributed by atoms with Crippen LogP contribution in [0.1, 0.15) is 52.4 Å². The predicted octanol–water partition coefficient (Wildman–Crippen LogP) is 5.56. The number of hydrogen-bond donors (Lipinski definition) is 0. The van der Waals surface area contributed by atoms with E-state index in [0.29, 0.717) is 12.4 Å². The Balaban J connectivity index is 2.41. The second-order valence-corrected chi connectivity index (χ2v) is 7.67. The number of hydrogen-bond acceptors (Lipinski definition) is 5. The van der Waals surface area contributed by atoms with Crippen LogP contribution in [0, 0.1) is 10.1 Å². The Morgan fingerprint density at radius 3 is 2.22 bits per heavy atom. The number of nitro benzene ring substituents is 1. The van der Waals surface area contributed by atoms with Crippen LogP contribution >= 0.6 is 7.60 Å². The minimum atomic E-state index is -3.19. The van der Waals surface area contributed by atoms with Gasteiger partial charge in [0.25, 0.3) is 5.69 Å². The van der Waals surface area contributed by atoms with Crippen molar-refractivity contribution in [3.8, 4) is 5.75 Å². The molecule has 0 aliphatic carbocycles. The third-order valence-electron chi connectivity index (χ3n) is 3.47. The molecular weight excluding hydrogens is 317 g/mol. The lowest BCUT2D eigenvalue weighted by molar-refractivity contribution is -0.384. The summed E-state index contributed by atoms with van der Waals surface area (Å²) in [6, 6.07) is 5.52. The molecule has 0 saturated carbocycles. The maximum atomic E-state index is 12.5. The van der Waals surface area contributed by atoms with Crippen LogP contribution in [0.15, 0.2) is 24.3 Å². The fourth-order valence-electron chi connectivity index (χ4n) is 2.06. The summed E-state index contributed by atoms with van der Waals surface area (Å²) >= 11 is 0. The average molecular weight is 343 g/mol. The molecule has 0 aliphatic heterocycles. The van der Waals surface area contributed by atoms with Crippen molar-refractivity contribution in [3.63, 3.8) is 0 Å². The molecule has 1 rings (SSSR count). The standard InChI is InChI=1S/C16H26NO5P/c1-3-5-6-7-8-9-14-21-23(20,4-2)22-16-12-10-15(11-13-16)17(18)19/h10-13H,3-9,14H2,1-2H3. The maximum absolute atomic E-state index is 12.5. The van der Waals surface area contributed by atoms with Crippen LogP contribution in [0.2, 0.25) is 0 Å². The van der Waals surface area contributed by atoms with Crippen molar-refractivity contribution in [2.24, 2.45) is 0 Å². The van der Waals surface area contributed by atoms with Gasteiger partial charge in [0.2, 0.25) is 0 Å². The molecule has 130 valence electrons. The molecule has 0 radical (unpaired) electrons. The fraction of sp³-hybridized carbons (Fsp3) is 0.625. The lowest BCUT2D eigenvalue weighted by atomic mass is 10.1. The Bertz CT molecular complexity index is 518. The number of benzene rings is 1. The number of unbranched alkanes of at least 4 members (excludes halogenated alkanes) is 5. The molecule has 0 fully saturated rings. The molecule has 1 aromatic carbocycles. The summed E-state index contributed by atoms with van der Waals surface area (Å²) in [5, 5.41) is 10.6. The Morgan fingerprint density at radius 1 is 1.04 bits per heavy atom. The topological polar surface area (TPSA) is 78.7 Å². The zero-order valence-electron chi connectivity index (χ0n) is 13.9. The molecule has 0 bridgehead atoms. The molecular formula is C16H26NO5P. The summed E-state index contributed by atoms with van der Waals surface area (Å²) in [5.74, 6) is 0.323. The van der Waals surface area contributed by atoms with Gasteiger partial charge in [-0.2, -0.15) is 0 Å². The Morgan fingerprint density at radius 2 is 1.65 bits per heavy atom. The average Bonchev–Trinajstić information content (AvgIpc) is 2.54. The van der Waals surface area contributed by atoms with E-state index in [4.69, 9.17) is 9.05 Å². The fourth-order valence-corrected chi connectivity index (χ4v) is 3.27. The van der Waals surface area contributed by atoms with E-state index in [0.717, 1.165) is 19.3 Å². The first-order valence-electron chi connectivity index (χ1n) is 8.18. The van der Waals surface area contributed by atoms with Gasteiger partial charge in [-0.15, -0.1) is 0 Å². The second-order valence-electron chi connectivity index (χ2n) is 5.37. The molecule has 0 N–H and O–H groups in total. The quantitative estimate of drug-likeness (QED) is 0.215. The summed E-state index contributed by atoms with van der Waals surface area (Å²) in [6.07, 6.45) is 7.03. The van der Waals surface area contributed by atoms with Crippen LogP contribution in [-0.2, 0) is 9.09 Å². The van der Waals surface area contributed by atoms with Crippen LogP contribution in [0.4, 0.5) is 5.69 Å². The minimum absolute atomic E-state index is 0.0309. The molecule has 0 saturated heterocycles. The normalized spacial score (nSPS) is 13.5. The Kier molecular flexibility index (Phi) is 8.89. The number of rotatable bonds is 12. The molecule has 1 unspecified atom stereocenters. The number of nitro groups is 1. The van der Waals surface area contributed by atoms with Gasteiger partial charge >= 0.3 is 7.60 Å². The molecule has 7 heteroatoms. The lowest BCUT2D eigenvalue weighted by Gasteiger charge is -2.17. The van der Waals surface area contributed by atoms with E-state index < -0.39 is 12.5 Å². The summed E-state index contributed by atoms with van der Waals surface area (Å²) in [6.45, 7) is 4.33. The van der Waals surface area contributed by atoms with Crippen LogP contribution in [0.3, 0.4) is 0 Å². The van der Waals surface area contributed by atoms with E-state index in [2.05, 4.69) is 6.92 Å². The van der Waals surface area contributed by atoms with E-state index in [1.165, 1.54) is 43.5 Å². The van der Waals surface area contributed by atoms with Gasteiger partial charge in [-0.25, -0.2) is 4.57 Å². The van der Waals surface area contributed by atoms with Gasteiger partial charge in [0.05, 0.1) is 17.7 Å². The van der Waals surface area contributed by atoms with Gasteiger partial charge in [0, 0.05) is 12.1 Å². The lowest BCUT2D eigenvalue weighted by Crippen LogP contribution is -2.02. The molecule has 0 heterocycles. The van der Waals surface area contributed by atoms with Gasteiger partial charge in [0.1, 0.15) is 5.75 Å². The van der Waals surface area contributed by atoms with Crippen LogP contribution in [-0.4, -0.2) is 17.7 Å². The summed E-state index contributed by atoms with van der Waals surface area (Å²) in [4.78, 5) is 10.1. The largest absolute Gasteiger partial charge is 0.424 e. The molecule has 1 aromatic rings. The van der Waals surface area contributed by atoms with Crippen molar-refractivity contribution >= 4 is 13.3 Å². The molecule has 0 aromatic heterocycles. The van der Waals surface area contributed by atoms with E-state index in [9.17, 15) is 14.7 Å². The van der Waals surface area contributed by atoms with Crippen molar-refractivity contribution in [1.82, 2.24) is 0 Å². The first-order chi connectivity index (χ1) is 11.0. The minimum Gasteiger partial charge on any atom is -0.424 e. The SMILES string of the molecule is CCCCCCCCOP(=O)(CC)Oc1ccc([N+](=O)[O-])cc1. The van der Waals surface area contributed by atoms with Crippen molar-refractivity contribution in [2.75, 3.05) is 12.8 Å². The molecule has 0 amide bonds. The third-order valence-corrected chi connectivity index (χ3v) is 5.30. The van der Waals surface area contributed by atoms with Crippen LogP contribution < -0.4 is 4.52 Å². The molecule has 0 aliphatic rings. The molecule has 23 heavy (non-hydrogen) atoms. The highest BCUT2D eigenvalue weighted by Gasteiger charge is 2.23. The zero-order chi connectivity index (χ0) is 17.1. The third kappa shape index (κ3) is 7.62. The summed E-state index contributed by atoms with van der Waals surface area (Å²) in [7, 11) is -3.19. The first-order valence-corrected chi connectivity index (χ1v) is 9.91. The van der Waals surface area contributed by atoms with Crippen molar-refractivity contribution in [1.29, 1.82) is 0 Å². The predicted molar refractivity (Wildman–Crippen MR) is 91.2 cm³/mol. The van der Waals surface area contributed by atoms with Gasteiger partial charge in [-0.3, -0.25) is 14.6 Å². The highest BCUT2D eigenvalue weighted by Crippen LogP contribution is 2.48. The molecule has 0 spiro atoms. The van der Waals surface area contributed by atoms with Crippen molar-refractivity contribution in [2.45, 2.75) is 52.4 Å². The molecule has 6 nitrogen and oxygen atoms in total. The number of nitrogens with zero attached hydrogens (tertiary/aromatic N) is 1. The highest BCUT2D eigenvalue weighted by atomic mass is 31.2. The van der Waals surface area contributed by atoms with Crippen molar-refractivity contribution < 1.29 is 18.5 Å². The molecule has 1 atom stereocenters. The maximum Gasteiger partial charge on any atom is 0.378 e. The number of non-ortho nitro benzene ring substituents is 1. The Hall–Kier alpha value is -1.39. The van der Waals surface area contributed by atoms with E-state index in [1.807, 2.05) is 0 Å². The van der Waals surface area contributed by atoms with Gasteiger partial charge < -0.3 is 4.52 Å². The smallest absolute Gasteiger partial charge is 0.378 e. The van der Waals surface area contributed by atoms with E-state index in [-0.39, 0.29) is 11.8 Å². The summed E-state index contributed by atoms with van der Waals surface area (Å²) in [5.41, 5.74) is -0.0309. The van der Waals surface area contributed by atoms with Gasteiger partial charge in [-0.05, 0) is 18.6 Å².